The van der Waals surface area contributed by atoms with Crippen molar-refractivity contribution < 1.29 is 9.59 Å². The van der Waals surface area contributed by atoms with E-state index in [0.717, 1.165) is 23.5 Å². The third-order valence-electron chi connectivity index (χ3n) is 5.84. The first-order chi connectivity index (χ1) is 10.1. The maximum absolute atomic E-state index is 12.6. The summed E-state index contributed by atoms with van der Waals surface area (Å²) in [6.07, 6.45) is 8.17. The van der Waals surface area contributed by atoms with Gasteiger partial charge in [-0.15, -0.1) is 0 Å². The van der Waals surface area contributed by atoms with Crippen LogP contribution in [0.3, 0.4) is 0 Å². The smallest absolute Gasteiger partial charge is 0.243 e. The number of nitrogens with one attached hydrogen (secondary N) is 2. The fraction of sp³-hybridized carbons (Fsp3) is 0.875. The third kappa shape index (κ3) is 2.69. The highest BCUT2D eigenvalue weighted by Gasteiger charge is 2.51. The lowest BCUT2D eigenvalue weighted by atomic mass is 9.53. The fourth-order valence-electron chi connectivity index (χ4n) is 5.43. The van der Waals surface area contributed by atoms with E-state index < -0.39 is 0 Å². The van der Waals surface area contributed by atoms with Gasteiger partial charge in [0.25, 0.3) is 0 Å². The Morgan fingerprint density at radius 2 is 1.76 bits per heavy atom. The molecule has 0 spiro atoms. The van der Waals surface area contributed by atoms with Gasteiger partial charge < -0.3 is 10.6 Å². The molecule has 5 heteroatoms. The first-order valence-corrected chi connectivity index (χ1v) is 9.46. The van der Waals surface area contributed by atoms with Gasteiger partial charge in [0.05, 0.1) is 0 Å². The molecule has 0 aromatic rings. The van der Waals surface area contributed by atoms with Gasteiger partial charge in [0.15, 0.2) is 0 Å². The summed E-state index contributed by atoms with van der Waals surface area (Å²) >= 11 is 1.70. The standard InChI is InChI=1S/C16H24N2O2S/c19-14-1-2-21-9-13(17-14)15(20)18-16-6-10-3-11(7-16)5-12(4-10)8-16/h10-13H,1-9H2,(H,17,19)(H,18,20)/t10?,11?,12?,13-,16?/m0/s1. The molecular weight excluding hydrogens is 284 g/mol. The van der Waals surface area contributed by atoms with Gasteiger partial charge in [0.1, 0.15) is 6.04 Å². The average Bonchev–Trinajstić information content (AvgIpc) is 2.61. The minimum Gasteiger partial charge on any atom is -0.349 e. The molecule has 5 fully saturated rings. The molecule has 4 nitrogen and oxygen atoms in total. The van der Waals surface area contributed by atoms with Crippen LogP contribution in [-0.4, -0.2) is 34.9 Å². The van der Waals surface area contributed by atoms with Crippen molar-refractivity contribution in [3.05, 3.63) is 0 Å². The zero-order valence-electron chi connectivity index (χ0n) is 12.4. The van der Waals surface area contributed by atoms with Crippen molar-refractivity contribution in [2.45, 2.75) is 56.5 Å². The number of amides is 2. The second kappa shape index (κ2) is 5.18. The average molecular weight is 308 g/mol. The van der Waals surface area contributed by atoms with Crippen molar-refractivity contribution in [1.82, 2.24) is 10.6 Å². The summed E-state index contributed by atoms with van der Waals surface area (Å²) in [7, 11) is 0. The summed E-state index contributed by atoms with van der Waals surface area (Å²) in [5, 5.41) is 6.26. The molecule has 2 N–H and O–H groups in total. The van der Waals surface area contributed by atoms with Crippen molar-refractivity contribution in [2.75, 3.05) is 11.5 Å². The summed E-state index contributed by atoms with van der Waals surface area (Å²) in [6, 6.07) is -0.335. The van der Waals surface area contributed by atoms with Crippen LogP contribution in [0.1, 0.15) is 44.9 Å². The van der Waals surface area contributed by atoms with Crippen LogP contribution in [0.2, 0.25) is 0 Å². The molecule has 116 valence electrons. The summed E-state index contributed by atoms with van der Waals surface area (Å²) in [4.78, 5) is 24.3. The highest BCUT2D eigenvalue weighted by molar-refractivity contribution is 7.99. The van der Waals surface area contributed by atoms with Gasteiger partial charge in [0, 0.05) is 23.5 Å². The maximum atomic E-state index is 12.6. The maximum Gasteiger partial charge on any atom is 0.243 e. The quantitative estimate of drug-likeness (QED) is 0.816. The molecule has 1 heterocycles. The first kappa shape index (κ1) is 13.9. The number of carbonyl (C=O) groups excluding carboxylic acids is 2. The Morgan fingerprint density at radius 3 is 2.38 bits per heavy atom. The van der Waals surface area contributed by atoms with Crippen molar-refractivity contribution >= 4 is 23.6 Å². The minimum absolute atomic E-state index is 0.0191. The number of hydrogen-bond donors (Lipinski definition) is 2. The molecule has 0 aromatic carbocycles. The van der Waals surface area contributed by atoms with Gasteiger partial charge in [-0.3, -0.25) is 9.59 Å². The van der Waals surface area contributed by atoms with Gasteiger partial charge in [-0.2, -0.15) is 11.8 Å². The highest BCUT2D eigenvalue weighted by Crippen LogP contribution is 2.55. The van der Waals surface area contributed by atoms with Crippen molar-refractivity contribution in [3.63, 3.8) is 0 Å². The first-order valence-electron chi connectivity index (χ1n) is 8.31. The van der Waals surface area contributed by atoms with Crippen molar-refractivity contribution in [2.24, 2.45) is 17.8 Å². The molecule has 5 rings (SSSR count). The monoisotopic (exact) mass is 308 g/mol. The Balaban J connectivity index is 1.45. The highest BCUT2D eigenvalue weighted by atomic mass is 32.2. The van der Waals surface area contributed by atoms with Crippen LogP contribution < -0.4 is 10.6 Å². The molecule has 2 amide bonds. The van der Waals surface area contributed by atoms with Crippen LogP contribution in [-0.2, 0) is 9.59 Å². The zero-order chi connectivity index (χ0) is 14.4. The van der Waals surface area contributed by atoms with Crippen LogP contribution in [0.25, 0.3) is 0 Å². The predicted molar refractivity (Wildman–Crippen MR) is 82.9 cm³/mol. The molecule has 4 bridgehead atoms. The van der Waals surface area contributed by atoms with Crippen LogP contribution in [0.5, 0.6) is 0 Å². The minimum atomic E-state index is -0.335. The molecule has 1 atom stereocenters. The van der Waals surface area contributed by atoms with Gasteiger partial charge in [0.2, 0.25) is 11.8 Å². The Morgan fingerprint density at radius 1 is 1.14 bits per heavy atom. The summed E-state index contributed by atoms with van der Waals surface area (Å²) in [5.74, 6) is 4.10. The van der Waals surface area contributed by atoms with Crippen LogP contribution in [0.15, 0.2) is 0 Å². The van der Waals surface area contributed by atoms with Crippen LogP contribution in [0.4, 0.5) is 0 Å². The van der Waals surface area contributed by atoms with Gasteiger partial charge in [-0.1, -0.05) is 0 Å². The summed E-state index contributed by atoms with van der Waals surface area (Å²) < 4.78 is 0. The summed E-state index contributed by atoms with van der Waals surface area (Å²) in [6.45, 7) is 0. The molecule has 4 aliphatic carbocycles. The Hall–Kier alpha value is -0.710. The van der Waals surface area contributed by atoms with E-state index in [2.05, 4.69) is 10.6 Å². The SMILES string of the molecule is O=C1CCSC[C@@H](C(=O)NC23CC4CC(CC(C4)C2)C3)N1. The third-order valence-corrected chi connectivity index (χ3v) is 6.90. The number of rotatable bonds is 2. The largest absolute Gasteiger partial charge is 0.349 e. The molecule has 1 saturated heterocycles. The van der Waals surface area contributed by atoms with Crippen LogP contribution in [0, 0.1) is 17.8 Å². The topological polar surface area (TPSA) is 58.2 Å². The van der Waals surface area contributed by atoms with E-state index in [4.69, 9.17) is 0 Å². The van der Waals surface area contributed by atoms with E-state index >= 15 is 0 Å². The van der Waals surface area contributed by atoms with Crippen molar-refractivity contribution in [3.8, 4) is 0 Å². The van der Waals surface area contributed by atoms with E-state index in [0.29, 0.717) is 12.2 Å². The van der Waals surface area contributed by atoms with Crippen LogP contribution >= 0.6 is 11.8 Å². The lowest BCUT2D eigenvalue weighted by Gasteiger charge is -2.57. The lowest BCUT2D eigenvalue weighted by molar-refractivity contribution is -0.132. The molecular formula is C16H24N2O2S. The molecule has 0 unspecified atom stereocenters. The van der Waals surface area contributed by atoms with E-state index in [-0.39, 0.29) is 23.4 Å². The fourth-order valence-corrected chi connectivity index (χ4v) is 6.39. The van der Waals surface area contributed by atoms with E-state index in [9.17, 15) is 9.59 Å². The van der Waals surface area contributed by atoms with E-state index in [1.54, 1.807) is 11.8 Å². The summed E-state index contributed by atoms with van der Waals surface area (Å²) in [5.41, 5.74) is 0.0491. The van der Waals surface area contributed by atoms with E-state index in [1.807, 2.05) is 0 Å². The second-order valence-electron chi connectivity index (χ2n) is 7.63. The Kier molecular flexibility index (Phi) is 3.43. The molecule has 5 aliphatic rings. The van der Waals surface area contributed by atoms with Gasteiger partial charge in [-0.05, 0) is 56.3 Å². The number of hydrogen-bond acceptors (Lipinski definition) is 3. The normalized spacial score (nSPS) is 45.0. The zero-order valence-corrected chi connectivity index (χ0v) is 13.2. The molecule has 0 aromatic heterocycles. The number of carbonyl (C=O) groups is 2. The molecule has 21 heavy (non-hydrogen) atoms. The van der Waals surface area contributed by atoms with Crippen molar-refractivity contribution in [1.29, 1.82) is 0 Å². The second-order valence-corrected chi connectivity index (χ2v) is 8.78. The Labute approximate surface area is 130 Å². The molecule has 1 aliphatic heterocycles. The number of thioether (sulfide) groups is 1. The van der Waals surface area contributed by atoms with Gasteiger partial charge >= 0.3 is 0 Å². The lowest BCUT2D eigenvalue weighted by Crippen LogP contribution is -2.62. The molecule has 4 saturated carbocycles. The van der Waals surface area contributed by atoms with E-state index in [1.165, 1.54) is 38.5 Å². The molecule has 0 radical (unpaired) electrons. The van der Waals surface area contributed by atoms with Gasteiger partial charge in [-0.25, -0.2) is 0 Å². The predicted octanol–water partition coefficient (Wildman–Crippen LogP) is 1.69. The Bertz CT molecular complexity index is 430.